The number of para-hydroxylation sites is 1. The zero-order valence-corrected chi connectivity index (χ0v) is 22.4. The fourth-order valence-electron chi connectivity index (χ4n) is 5.60. The molecule has 0 radical (unpaired) electrons. The van der Waals surface area contributed by atoms with Crippen LogP contribution in [-0.2, 0) is 24.2 Å². The van der Waals surface area contributed by atoms with E-state index in [4.69, 9.17) is 11.6 Å². The lowest BCUT2D eigenvalue weighted by atomic mass is 9.90. The Bertz CT molecular complexity index is 1670. The Labute approximate surface area is 231 Å². The smallest absolute Gasteiger partial charge is 0.263 e. The highest BCUT2D eigenvalue weighted by molar-refractivity contribution is 6.30. The Morgan fingerprint density at radius 1 is 0.872 bits per heavy atom. The van der Waals surface area contributed by atoms with E-state index < -0.39 is 0 Å². The van der Waals surface area contributed by atoms with Gasteiger partial charge >= 0.3 is 0 Å². The average molecular weight is 540 g/mol. The van der Waals surface area contributed by atoms with Crippen LogP contribution < -0.4 is 5.56 Å². The van der Waals surface area contributed by atoms with Gasteiger partial charge in [-0.15, -0.1) is 10.2 Å². The largest absolute Gasteiger partial charge is 0.343 e. The number of halogens is 1. The molecule has 5 aromatic rings. The normalized spacial score (nSPS) is 14.3. The van der Waals surface area contributed by atoms with Crippen LogP contribution in [0.4, 0.5) is 0 Å². The van der Waals surface area contributed by atoms with Gasteiger partial charge in [-0.05, 0) is 60.6 Å². The Morgan fingerprint density at radius 2 is 1.59 bits per heavy atom. The first-order valence-corrected chi connectivity index (χ1v) is 13.9. The van der Waals surface area contributed by atoms with Gasteiger partial charge in [0.1, 0.15) is 5.82 Å². The number of amides is 1. The maximum absolute atomic E-state index is 13.4. The molecule has 1 aliphatic heterocycles. The van der Waals surface area contributed by atoms with E-state index in [1.54, 1.807) is 4.57 Å². The van der Waals surface area contributed by atoms with E-state index in [0.717, 1.165) is 43.4 Å². The number of benzene rings is 3. The summed E-state index contributed by atoms with van der Waals surface area (Å²) in [5.74, 6) is 1.90. The van der Waals surface area contributed by atoms with E-state index in [2.05, 4.69) is 34.5 Å². The topological polar surface area (TPSA) is 72.5 Å². The summed E-state index contributed by atoms with van der Waals surface area (Å²) in [6.45, 7) is 1.93. The molecule has 0 saturated carbocycles. The Kier molecular flexibility index (Phi) is 7.16. The number of hydrogen-bond acceptors (Lipinski definition) is 4. The van der Waals surface area contributed by atoms with E-state index in [-0.39, 0.29) is 11.5 Å². The molecule has 198 valence electrons. The molecule has 0 atom stereocenters. The Hall–Kier alpha value is -3.97. The standard InChI is InChI=1S/C31H30ClN5O2/c32-25-12-10-24(11-13-25)21-36-30(39)26-8-4-5-9-27(26)37-28(33-34-31(36)37)14-15-29(38)35-18-16-23(17-19-35)20-22-6-2-1-3-7-22/h1-13,23H,14-21H2. The van der Waals surface area contributed by atoms with Gasteiger partial charge in [0, 0.05) is 31.0 Å². The molecule has 7 nitrogen and oxygen atoms in total. The number of aryl methyl sites for hydroxylation is 1. The minimum Gasteiger partial charge on any atom is -0.343 e. The van der Waals surface area contributed by atoms with Gasteiger partial charge in [-0.25, -0.2) is 0 Å². The summed E-state index contributed by atoms with van der Waals surface area (Å²) in [6.07, 6.45) is 3.92. The van der Waals surface area contributed by atoms with Crippen LogP contribution in [0.25, 0.3) is 16.7 Å². The van der Waals surface area contributed by atoms with Crippen molar-refractivity contribution in [2.45, 2.75) is 38.6 Å². The third-order valence-electron chi connectivity index (χ3n) is 7.73. The lowest BCUT2D eigenvalue weighted by Gasteiger charge is -2.32. The van der Waals surface area contributed by atoms with Crippen molar-refractivity contribution in [1.82, 2.24) is 24.1 Å². The molecule has 1 aliphatic rings. The van der Waals surface area contributed by atoms with Gasteiger partial charge in [-0.2, -0.15) is 0 Å². The van der Waals surface area contributed by atoms with Crippen LogP contribution in [0, 0.1) is 5.92 Å². The van der Waals surface area contributed by atoms with Gasteiger partial charge in [-0.3, -0.25) is 18.6 Å². The zero-order valence-electron chi connectivity index (χ0n) is 21.7. The number of rotatable bonds is 7. The second kappa shape index (κ2) is 11.0. The highest BCUT2D eigenvalue weighted by Crippen LogP contribution is 2.23. The van der Waals surface area contributed by atoms with E-state index in [1.165, 1.54) is 5.56 Å². The van der Waals surface area contributed by atoms with Crippen molar-refractivity contribution in [3.8, 4) is 0 Å². The number of nitrogens with zero attached hydrogens (tertiary/aromatic N) is 5. The number of piperidine rings is 1. The highest BCUT2D eigenvalue weighted by Gasteiger charge is 2.24. The zero-order chi connectivity index (χ0) is 26.8. The van der Waals surface area contributed by atoms with Crippen LogP contribution in [0.15, 0.2) is 83.7 Å². The lowest BCUT2D eigenvalue weighted by Crippen LogP contribution is -2.39. The predicted molar refractivity (Wildman–Crippen MR) is 153 cm³/mol. The summed E-state index contributed by atoms with van der Waals surface area (Å²) in [7, 11) is 0. The molecule has 0 aliphatic carbocycles. The van der Waals surface area contributed by atoms with Crippen LogP contribution in [0.3, 0.4) is 0 Å². The van der Waals surface area contributed by atoms with Crippen LogP contribution in [-0.4, -0.2) is 43.1 Å². The summed E-state index contributed by atoms with van der Waals surface area (Å²) >= 11 is 6.05. The molecule has 3 heterocycles. The van der Waals surface area contributed by atoms with Crippen molar-refractivity contribution in [3.05, 3.63) is 111 Å². The SMILES string of the molecule is O=C(CCc1nnc2n(Cc3ccc(Cl)cc3)c(=O)c3ccccc3n12)N1CCC(Cc2ccccc2)CC1. The van der Waals surface area contributed by atoms with Crippen molar-refractivity contribution >= 4 is 34.2 Å². The number of aromatic nitrogens is 4. The van der Waals surface area contributed by atoms with Crippen LogP contribution in [0.2, 0.25) is 5.02 Å². The Balaban J connectivity index is 1.19. The first-order valence-electron chi connectivity index (χ1n) is 13.5. The quantitative estimate of drug-likeness (QED) is 0.286. The minimum atomic E-state index is -0.124. The summed E-state index contributed by atoms with van der Waals surface area (Å²) in [4.78, 5) is 28.6. The maximum atomic E-state index is 13.4. The van der Waals surface area contributed by atoms with Crippen molar-refractivity contribution in [3.63, 3.8) is 0 Å². The van der Waals surface area contributed by atoms with Crippen LogP contribution in [0.5, 0.6) is 0 Å². The molecule has 1 saturated heterocycles. The number of carbonyl (C=O) groups excluding carboxylic acids is 1. The van der Waals surface area contributed by atoms with Crippen molar-refractivity contribution < 1.29 is 4.79 Å². The summed E-state index contributed by atoms with van der Waals surface area (Å²) in [5, 5.41) is 10.1. The van der Waals surface area contributed by atoms with Gasteiger partial charge < -0.3 is 4.90 Å². The molecule has 0 bridgehead atoms. The number of hydrogen-bond donors (Lipinski definition) is 0. The molecule has 3 aromatic carbocycles. The molecule has 1 amide bonds. The molecule has 1 fully saturated rings. The number of likely N-dealkylation sites (tertiary alicyclic amines) is 1. The summed E-state index contributed by atoms with van der Waals surface area (Å²) in [6, 6.07) is 25.5. The fraction of sp³-hybridized carbons (Fsp3) is 0.290. The van der Waals surface area contributed by atoms with Crippen molar-refractivity contribution in [2.24, 2.45) is 5.92 Å². The minimum absolute atomic E-state index is 0.124. The summed E-state index contributed by atoms with van der Waals surface area (Å²) < 4.78 is 3.56. The van der Waals surface area contributed by atoms with Gasteiger partial charge in [0.25, 0.3) is 5.56 Å². The second-order valence-corrected chi connectivity index (χ2v) is 10.7. The molecule has 39 heavy (non-hydrogen) atoms. The molecule has 0 N–H and O–H groups in total. The van der Waals surface area contributed by atoms with E-state index in [1.807, 2.05) is 63.9 Å². The molecular weight excluding hydrogens is 510 g/mol. The van der Waals surface area contributed by atoms with E-state index in [9.17, 15) is 9.59 Å². The molecular formula is C31H30ClN5O2. The van der Waals surface area contributed by atoms with Crippen molar-refractivity contribution in [1.29, 1.82) is 0 Å². The van der Waals surface area contributed by atoms with Crippen LogP contribution in [0.1, 0.15) is 36.2 Å². The molecule has 2 aromatic heterocycles. The first-order chi connectivity index (χ1) is 19.1. The molecule has 6 rings (SSSR count). The van der Waals surface area contributed by atoms with Gasteiger partial charge in [0.2, 0.25) is 11.7 Å². The van der Waals surface area contributed by atoms with Gasteiger partial charge in [-0.1, -0.05) is 66.2 Å². The third kappa shape index (κ3) is 5.32. The van der Waals surface area contributed by atoms with E-state index in [0.29, 0.717) is 47.3 Å². The molecule has 0 unspecified atom stereocenters. The van der Waals surface area contributed by atoms with Crippen LogP contribution >= 0.6 is 11.6 Å². The third-order valence-corrected chi connectivity index (χ3v) is 7.98. The fourth-order valence-corrected chi connectivity index (χ4v) is 5.73. The van der Waals surface area contributed by atoms with Crippen molar-refractivity contribution in [2.75, 3.05) is 13.1 Å². The second-order valence-electron chi connectivity index (χ2n) is 10.3. The van der Waals surface area contributed by atoms with Gasteiger partial charge in [0.05, 0.1) is 17.4 Å². The number of carbonyl (C=O) groups is 1. The number of fused-ring (bicyclic) bond motifs is 3. The van der Waals surface area contributed by atoms with E-state index >= 15 is 0 Å². The highest BCUT2D eigenvalue weighted by atomic mass is 35.5. The monoisotopic (exact) mass is 539 g/mol. The summed E-state index contributed by atoms with van der Waals surface area (Å²) in [5.41, 5.74) is 2.93. The molecule has 8 heteroatoms. The first kappa shape index (κ1) is 25.3. The Morgan fingerprint density at radius 3 is 2.36 bits per heavy atom. The lowest BCUT2D eigenvalue weighted by molar-refractivity contribution is -0.132. The average Bonchev–Trinajstić information content (AvgIpc) is 3.40. The molecule has 0 spiro atoms. The predicted octanol–water partition coefficient (Wildman–Crippen LogP) is 5.16. The van der Waals surface area contributed by atoms with Gasteiger partial charge in [0.15, 0.2) is 0 Å². The maximum Gasteiger partial charge on any atom is 0.263 e.